The minimum atomic E-state index is -0.457. The first kappa shape index (κ1) is 7.98. The van der Waals surface area contributed by atoms with Crippen molar-refractivity contribution in [1.82, 2.24) is 5.43 Å². The van der Waals surface area contributed by atoms with E-state index >= 15 is 0 Å². The molecule has 0 saturated carbocycles. The maximum absolute atomic E-state index is 11.2. The number of hydrogen-bond donors (Lipinski definition) is 1. The van der Waals surface area contributed by atoms with Crippen LogP contribution in [0.4, 0.5) is 0 Å². The molecule has 0 fully saturated rings. The number of allylic oxidation sites excluding steroid dienone is 1. The van der Waals surface area contributed by atoms with Crippen molar-refractivity contribution < 1.29 is 4.79 Å². The standard InChI is InChI=1S/C8H12N2O/c1-4-5-8(3)6(2)9-10-7(8)11/h4H,1,5H2,2-3H3,(H,10,11)/t8-/m1/s1. The van der Waals surface area contributed by atoms with Crippen LogP contribution in [-0.4, -0.2) is 11.6 Å². The summed E-state index contributed by atoms with van der Waals surface area (Å²) < 4.78 is 0. The molecule has 1 rings (SSSR count). The molecule has 1 aliphatic heterocycles. The zero-order valence-electron chi connectivity index (χ0n) is 6.85. The van der Waals surface area contributed by atoms with Crippen molar-refractivity contribution in [2.24, 2.45) is 10.5 Å². The fraction of sp³-hybridized carbons (Fsp3) is 0.500. The Balaban J connectivity index is 2.89. The van der Waals surface area contributed by atoms with Crippen molar-refractivity contribution >= 4 is 11.6 Å². The summed E-state index contributed by atoms with van der Waals surface area (Å²) in [5, 5.41) is 3.86. The molecule has 0 radical (unpaired) electrons. The summed E-state index contributed by atoms with van der Waals surface area (Å²) in [5.74, 6) is -0.0325. The molecule has 0 aromatic heterocycles. The van der Waals surface area contributed by atoms with Crippen LogP contribution in [0.5, 0.6) is 0 Å². The summed E-state index contributed by atoms with van der Waals surface area (Å²) in [4.78, 5) is 11.2. The minimum Gasteiger partial charge on any atom is -0.272 e. The van der Waals surface area contributed by atoms with Crippen molar-refractivity contribution in [2.75, 3.05) is 0 Å². The van der Waals surface area contributed by atoms with Gasteiger partial charge in [0, 0.05) is 0 Å². The van der Waals surface area contributed by atoms with Crippen molar-refractivity contribution in [3.63, 3.8) is 0 Å². The molecule has 60 valence electrons. The Hall–Kier alpha value is -1.12. The number of carbonyl (C=O) groups excluding carboxylic acids is 1. The first-order valence-corrected chi connectivity index (χ1v) is 3.57. The third kappa shape index (κ3) is 1.06. The van der Waals surface area contributed by atoms with E-state index in [1.807, 2.05) is 13.8 Å². The lowest BCUT2D eigenvalue weighted by Gasteiger charge is -2.18. The van der Waals surface area contributed by atoms with E-state index in [1.165, 1.54) is 0 Å². The van der Waals surface area contributed by atoms with Gasteiger partial charge in [-0.2, -0.15) is 5.10 Å². The van der Waals surface area contributed by atoms with Gasteiger partial charge in [-0.25, -0.2) is 5.43 Å². The second-order valence-corrected chi connectivity index (χ2v) is 2.96. The van der Waals surface area contributed by atoms with Crippen LogP contribution in [-0.2, 0) is 4.79 Å². The van der Waals surface area contributed by atoms with Gasteiger partial charge >= 0.3 is 0 Å². The summed E-state index contributed by atoms with van der Waals surface area (Å²) in [5.41, 5.74) is 2.82. The Bertz CT molecular complexity index is 232. The lowest BCUT2D eigenvalue weighted by atomic mass is 9.82. The topological polar surface area (TPSA) is 41.5 Å². The molecule has 1 N–H and O–H groups in total. The third-order valence-electron chi connectivity index (χ3n) is 2.18. The highest BCUT2D eigenvalue weighted by Gasteiger charge is 2.39. The monoisotopic (exact) mass is 152 g/mol. The molecule has 0 aliphatic carbocycles. The number of nitrogens with one attached hydrogen (secondary N) is 1. The Kier molecular flexibility index (Phi) is 1.81. The van der Waals surface area contributed by atoms with Gasteiger partial charge in [0.05, 0.1) is 11.1 Å². The second-order valence-electron chi connectivity index (χ2n) is 2.96. The summed E-state index contributed by atoms with van der Waals surface area (Å²) in [7, 11) is 0. The quantitative estimate of drug-likeness (QED) is 0.591. The Morgan fingerprint density at radius 1 is 1.82 bits per heavy atom. The Morgan fingerprint density at radius 2 is 2.45 bits per heavy atom. The number of carbonyl (C=O) groups is 1. The van der Waals surface area contributed by atoms with Crippen LogP contribution in [0.3, 0.4) is 0 Å². The molecule has 3 heteroatoms. The smallest absolute Gasteiger partial charge is 0.252 e. The van der Waals surface area contributed by atoms with Crippen molar-refractivity contribution in [2.45, 2.75) is 20.3 Å². The molecule has 11 heavy (non-hydrogen) atoms. The molecule has 0 aromatic rings. The van der Waals surface area contributed by atoms with Gasteiger partial charge < -0.3 is 0 Å². The van der Waals surface area contributed by atoms with Crippen LogP contribution in [0.15, 0.2) is 17.8 Å². The molecule has 1 heterocycles. The molecule has 3 nitrogen and oxygen atoms in total. The van der Waals surface area contributed by atoms with Gasteiger partial charge in [0.2, 0.25) is 0 Å². The van der Waals surface area contributed by atoms with Crippen molar-refractivity contribution in [3.8, 4) is 0 Å². The number of rotatable bonds is 2. The molecule has 0 unspecified atom stereocenters. The van der Waals surface area contributed by atoms with Gasteiger partial charge in [-0.3, -0.25) is 4.79 Å². The van der Waals surface area contributed by atoms with E-state index in [9.17, 15) is 4.79 Å². The SMILES string of the molecule is C=CC[C@@]1(C)C(=O)NN=C1C. The van der Waals surface area contributed by atoms with E-state index in [0.29, 0.717) is 6.42 Å². The van der Waals surface area contributed by atoms with Gasteiger partial charge in [-0.05, 0) is 20.3 Å². The van der Waals surface area contributed by atoms with Gasteiger partial charge in [0.15, 0.2) is 0 Å². The molecule has 0 spiro atoms. The number of hydrogen-bond acceptors (Lipinski definition) is 2. The van der Waals surface area contributed by atoms with Gasteiger partial charge in [0.1, 0.15) is 0 Å². The normalized spacial score (nSPS) is 29.6. The highest BCUT2D eigenvalue weighted by atomic mass is 16.2. The summed E-state index contributed by atoms with van der Waals surface area (Å²) in [6.45, 7) is 7.32. The Morgan fingerprint density at radius 3 is 2.82 bits per heavy atom. The first-order chi connectivity index (χ1) is 5.11. The summed E-state index contributed by atoms with van der Waals surface area (Å²) >= 11 is 0. The van der Waals surface area contributed by atoms with Crippen LogP contribution >= 0.6 is 0 Å². The number of nitrogens with zero attached hydrogens (tertiary/aromatic N) is 1. The maximum Gasteiger partial charge on any atom is 0.252 e. The predicted molar refractivity (Wildman–Crippen MR) is 44.2 cm³/mol. The van der Waals surface area contributed by atoms with Crippen LogP contribution in [0.1, 0.15) is 20.3 Å². The summed E-state index contributed by atoms with van der Waals surface area (Å²) in [6.07, 6.45) is 2.39. The zero-order valence-corrected chi connectivity index (χ0v) is 6.85. The van der Waals surface area contributed by atoms with E-state index in [4.69, 9.17) is 0 Å². The highest BCUT2D eigenvalue weighted by Crippen LogP contribution is 2.27. The number of amides is 1. The van der Waals surface area contributed by atoms with Crippen molar-refractivity contribution in [3.05, 3.63) is 12.7 Å². The molecule has 1 atom stereocenters. The lowest BCUT2D eigenvalue weighted by molar-refractivity contribution is -0.125. The van der Waals surface area contributed by atoms with Crippen molar-refractivity contribution in [1.29, 1.82) is 0 Å². The molecule has 1 aliphatic rings. The highest BCUT2D eigenvalue weighted by molar-refractivity contribution is 6.10. The van der Waals surface area contributed by atoms with Crippen LogP contribution in [0, 0.1) is 5.41 Å². The molecule has 0 bridgehead atoms. The van der Waals surface area contributed by atoms with Gasteiger partial charge in [0.25, 0.3) is 5.91 Å². The molecular formula is C8H12N2O. The third-order valence-corrected chi connectivity index (χ3v) is 2.18. The lowest BCUT2D eigenvalue weighted by Crippen LogP contribution is -2.33. The van der Waals surface area contributed by atoms with E-state index in [1.54, 1.807) is 6.08 Å². The largest absolute Gasteiger partial charge is 0.272 e. The zero-order chi connectivity index (χ0) is 8.48. The van der Waals surface area contributed by atoms with Crippen LogP contribution in [0.25, 0.3) is 0 Å². The molecule has 1 amide bonds. The molecule has 0 aromatic carbocycles. The fourth-order valence-corrected chi connectivity index (χ4v) is 1.07. The average molecular weight is 152 g/mol. The molecule has 0 saturated heterocycles. The van der Waals surface area contributed by atoms with Gasteiger partial charge in [-0.1, -0.05) is 6.08 Å². The van der Waals surface area contributed by atoms with E-state index < -0.39 is 5.41 Å². The Labute approximate surface area is 66.2 Å². The second kappa shape index (κ2) is 2.49. The van der Waals surface area contributed by atoms with E-state index in [-0.39, 0.29) is 5.91 Å². The maximum atomic E-state index is 11.2. The van der Waals surface area contributed by atoms with Crippen LogP contribution < -0.4 is 5.43 Å². The fourth-order valence-electron chi connectivity index (χ4n) is 1.07. The van der Waals surface area contributed by atoms with E-state index in [0.717, 1.165) is 5.71 Å². The summed E-state index contributed by atoms with van der Waals surface area (Å²) in [6, 6.07) is 0. The van der Waals surface area contributed by atoms with Crippen LogP contribution in [0.2, 0.25) is 0 Å². The number of hydrazone groups is 1. The van der Waals surface area contributed by atoms with Gasteiger partial charge in [-0.15, -0.1) is 6.58 Å². The predicted octanol–water partition coefficient (Wildman–Crippen LogP) is 1.07. The van der Waals surface area contributed by atoms with E-state index in [2.05, 4.69) is 17.1 Å². The average Bonchev–Trinajstić information content (AvgIpc) is 2.19. The minimum absolute atomic E-state index is 0.0325. The first-order valence-electron chi connectivity index (χ1n) is 3.57. The molecular weight excluding hydrogens is 140 g/mol.